The standard InChI is InChI=1S/C27H25Cl2N3O2.ClH/c28-21-14-22(29)26-23(15-21)31-24(16-25(26)33)27(34)30-12-7-13-32(17-19-8-3-1-4-9-19)18-20-10-5-2-6-11-20;/h1-6,8-11,14-16H,7,12-13,17-18H2,(H,30,34)(H,31,33);1H. The van der Waals surface area contributed by atoms with Gasteiger partial charge >= 0.3 is 0 Å². The van der Waals surface area contributed by atoms with Gasteiger partial charge < -0.3 is 10.3 Å². The molecule has 182 valence electrons. The molecule has 0 spiro atoms. The lowest BCUT2D eigenvalue weighted by atomic mass is 10.1. The lowest BCUT2D eigenvalue weighted by Crippen LogP contribution is -2.30. The monoisotopic (exact) mass is 529 g/mol. The second-order valence-electron chi connectivity index (χ2n) is 8.15. The molecular formula is C27H26Cl3N3O2. The number of H-pyrrole nitrogens is 1. The molecule has 2 N–H and O–H groups in total. The number of pyridine rings is 1. The van der Waals surface area contributed by atoms with Crippen LogP contribution >= 0.6 is 35.6 Å². The maximum absolute atomic E-state index is 12.7. The average Bonchev–Trinajstić information content (AvgIpc) is 2.82. The minimum Gasteiger partial charge on any atom is -0.351 e. The number of halogens is 3. The van der Waals surface area contributed by atoms with Crippen molar-refractivity contribution in [2.75, 3.05) is 13.1 Å². The van der Waals surface area contributed by atoms with Crippen LogP contribution in [0.3, 0.4) is 0 Å². The molecule has 4 rings (SSSR count). The smallest absolute Gasteiger partial charge is 0.267 e. The zero-order valence-corrected chi connectivity index (χ0v) is 21.3. The second kappa shape index (κ2) is 12.8. The molecule has 8 heteroatoms. The molecule has 3 aromatic carbocycles. The molecule has 0 saturated heterocycles. The molecule has 0 unspecified atom stereocenters. The van der Waals surface area contributed by atoms with Crippen LogP contribution in [-0.4, -0.2) is 28.9 Å². The van der Waals surface area contributed by atoms with Crippen molar-refractivity contribution in [3.63, 3.8) is 0 Å². The Kier molecular flexibility index (Phi) is 9.75. The van der Waals surface area contributed by atoms with Crippen LogP contribution in [-0.2, 0) is 13.1 Å². The van der Waals surface area contributed by atoms with Gasteiger partial charge in [-0.3, -0.25) is 14.5 Å². The lowest BCUT2D eigenvalue weighted by Gasteiger charge is -2.23. The van der Waals surface area contributed by atoms with Crippen molar-refractivity contribution in [1.29, 1.82) is 0 Å². The number of carbonyl (C=O) groups excluding carboxylic acids is 1. The van der Waals surface area contributed by atoms with Crippen molar-refractivity contribution in [2.45, 2.75) is 19.5 Å². The molecule has 4 aromatic rings. The van der Waals surface area contributed by atoms with E-state index in [2.05, 4.69) is 39.5 Å². The molecule has 1 amide bonds. The first-order chi connectivity index (χ1) is 16.5. The molecule has 0 atom stereocenters. The highest BCUT2D eigenvalue weighted by atomic mass is 35.5. The van der Waals surface area contributed by atoms with Crippen molar-refractivity contribution in [3.8, 4) is 0 Å². The normalized spacial score (nSPS) is 10.8. The summed E-state index contributed by atoms with van der Waals surface area (Å²) in [6.07, 6.45) is 0.765. The van der Waals surface area contributed by atoms with Crippen LogP contribution in [0.4, 0.5) is 0 Å². The fourth-order valence-corrected chi connectivity index (χ4v) is 4.51. The maximum Gasteiger partial charge on any atom is 0.267 e. The summed E-state index contributed by atoms with van der Waals surface area (Å²) in [5, 5.41) is 3.87. The first-order valence-corrected chi connectivity index (χ1v) is 11.9. The highest BCUT2D eigenvalue weighted by molar-refractivity contribution is 6.38. The summed E-state index contributed by atoms with van der Waals surface area (Å²) >= 11 is 12.2. The molecule has 1 aromatic heterocycles. The quantitative estimate of drug-likeness (QED) is 0.258. The fraction of sp³-hybridized carbons (Fsp3) is 0.185. The molecule has 0 aliphatic carbocycles. The van der Waals surface area contributed by atoms with Crippen molar-refractivity contribution in [2.24, 2.45) is 0 Å². The van der Waals surface area contributed by atoms with Crippen molar-refractivity contribution < 1.29 is 4.79 Å². The number of nitrogens with one attached hydrogen (secondary N) is 2. The zero-order valence-electron chi connectivity index (χ0n) is 19.0. The van der Waals surface area contributed by atoms with Gasteiger partial charge in [0.25, 0.3) is 5.91 Å². The van der Waals surface area contributed by atoms with Crippen LogP contribution in [0.5, 0.6) is 0 Å². The maximum atomic E-state index is 12.7. The summed E-state index contributed by atoms with van der Waals surface area (Å²) in [4.78, 5) is 30.5. The van der Waals surface area contributed by atoms with Crippen molar-refractivity contribution in [1.82, 2.24) is 15.2 Å². The zero-order chi connectivity index (χ0) is 23.9. The number of benzene rings is 3. The summed E-state index contributed by atoms with van der Waals surface area (Å²) in [5.41, 5.74) is 2.79. The van der Waals surface area contributed by atoms with E-state index in [0.717, 1.165) is 26.1 Å². The van der Waals surface area contributed by atoms with Crippen LogP contribution in [0.25, 0.3) is 10.9 Å². The first-order valence-electron chi connectivity index (χ1n) is 11.1. The minimum absolute atomic E-state index is 0. The molecule has 0 aliphatic rings. The van der Waals surface area contributed by atoms with Gasteiger partial charge in [0.05, 0.1) is 15.9 Å². The summed E-state index contributed by atoms with van der Waals surface area (Å²) in [6, 6.07) is 25.0. The van der Waals surface area contributed by atoms with E-state index >= 15 is 0 Å². The van der Waals surface area contributed by atoms with Gasteiger partial charge in [-0.2, -0.15) is 0 Å². The fourth-order valence-electron chi connectivity index (χ4n) is 3.93. The Bertz CT molecular complexity index is 1290. The van der Waals surface area contributed by atoms with Gasteiger partial charge in [0.15, 0.2) is 5.43 Å². The van der Waals surface area contributed by atoms with Gasteiger partial charge in [0.2, 0.25) is 0 Å². The van der Waals surface area contributed by atoms with E-state index in [1.807, 2.05) is 36.4 Å². The molecule has 0 bridgehead atoms. The lowest BCUT2D eigenvalue weighted by molar-refractivity contribution is 0.0946. The van der Waals surface area contributed by atoms with Gasteiger partial charge in [-0.1, -0.05) is 83.9 Å². The van der Waals surface area contributed by atoms with E-state index in [1.165, 1.54) is 23.3 Å². The molecule has 35 heavy (non-hydrogen) atoms. The third-order valence-corrected chi connectivity index (χ3v) is 6.04. The molecule has 1 heterocycles. The van der Waals surface area contributed by atoms with E-state index < -0.39 is 0 Å². The summed E-state index contributed by atoms with van der Waals surface area (Å²) in [6.45, 7) is 2.94. The number of fused-ring (bicyclic) bond motifs is 1. The van der Waals surface area contributed by atoms with E-state index in [-0.39, 0.29) is 34.5 Å². The van der Waals surface area contributed by atoms with Crippen LogP contribution in [0.15, 0.2) is 83.7 Å². The minimum atomic E-state index is -0.340. The van der Waals surface area contributed by atoms with E-state index in [1.54, 1.807) is 6.07 Å². The Labute approximate surface area is 220 Å². The number of carbonyl (C=O) groups is 1. The molecule has 0 fully saturated rings. The summed E-state index contributed by atoms with van der Waals surface area (Å²) < 4.78 is 0. The summed E-state index contributed by atoms with van der Waals surface area (Å²) in [5.74, 6) is -0.340. The molecule has 0 saturated carbocycles. The molecular weight excluding hydrogens is 505 g/mol. The second-order valence-corrected chi connectivity index (χ2v) is 8.99. The van der Waals surface area contributed by atoms with Crippen LogP contribution in [0.1, 0.15) is 28.0 Å². The molecule has 5 nitrogen and oxygen atoms in total. The van der Waals surface area contributed by atoms with E-state index in [0.29, 0.717) is 22.5 Å². The summed E-state index contributed by atoms with van der Waals surface area (Å²) in [7, 11) is 0. The number of hydrogen-bond donors (Lipinski definition) is 2. The highest BCUT2D eigenvalue weighted by Crippen LogP contribution is 2.24. The van der Waals surface area contributed by atoms with Crippen LogP contribution in [0.2, 0.25) is 10.0 Å². The SMILES string of the molecule is Cl.O=C(NCCCN(Cc1ccccc1)Cc1ccccc1)c1cc(=O)c2c(Cl)cc(Cl)cc2[nH]1. The number of rotatable bonds is 9. The van der Waals surface area contributed by atoms with Gasteiger partial charge in [0.1, 0.15) is 5.69 Å². The predicted octanol–water partition coefficient (Wildman–Crippen LogP) is 6.08. The van der Waals surface area contributed by atoms with Crippen LogP contribution < -0.4 is 10.7 Å². The highest BCUT2D eigenvalue weighted by Gasteiger charge is 2.13. The number of aromatic amines is 1. The van der Waals surface area contributed by atoms with Gasteiger partial charge in [-0.15, -0.1) is 12.4 Å². The van der Waals surface area contributed by atoms with Gasteiger partial charge in [-0.05, 0) is 29.7 Å². The van der Waals surface area contributed by atoms with Crippen molar-refractivity contribution in [3.05, 3.63) is 116 Å². The van der Waals surface area contributed by atoms with Gasteiger partial charge in [0, 0.05) is 37.3 Å². The number of hydrogen-bond acceptors (Lipinski definition) is 3. The molecule has 0 aliphatic heterocycles. The van der Waals surface area contributed by atoms with Crippen molar-refractivity contribution >= 4 is 52.4 Å². The molecule has 0 radical (unpaired) electrons. The first kappa shape index (κ1) is 26.8. The van der Waals surface area contributed by atoms with E-state index in [4.69, 9.17) is 23.2 Å². The topological polar surface area (TPSA) is 65.2 Å². The Morgan fingerprint density at radius 1 is 0.886 bits per heavy atom. The number of aromatic nitrogens is 1. The Balaban J connectivity index is 0.00000342. The number of nitrogens with zero attached hydrogens (tertiary/aromatic N) is 1. The predicted molar refractivity (Wildman–Crippen MR) is 146 cm³/mol. The van der Waals surface area contributed by atoms with Gasteiger partial charge in [-0.25, -0.2) is 0 Å². The Morgan fingerprint density at radius 2 is 1.49 bits per heavy atom. The van der Waals surface area contributed by atoms with Crippen LogP contribution in [0, 0.1) is 0 Å². The largest absolute Gasteiger partial charge is 0.351 e. The Morgan fingerprint density at radius 3 is 2.09 bits per heavy atom. The number of amides is 1. The Hall–Kier alpha value is -2.83. The average molecular weight is 531 g/mol. The van der Waals surface area contributed by atoms with E-state index in [9.17, 15) is 9.59 Å². The third kappa shape index (κ3) is 7.33. The third-order valence-electron chi connectivity index (χ3n) is 5.53.